The maximum absolute atomic E-state index is 12.8. The van der Waals surface area contributed by atoms with Crippen LogP contribution in [0.15, 0.2) is 18.2 Å². The molecule has 0 amide bonds. The van der Waals surface area contributed by atoms with Crippen molar-refractivity contribution in [1.82, 2.24) is 10.0 Å². The van der Waals surface area contributed by atoms with E-state index < -0.39 is 21.7 Å². The molecule has 0 bridgehead atoms. The van der Waals surface area contributed by atoms with E-state index in [9.17, 15) is 17.2 Å². The van der Waals surface area contributed by atoms with Gasteiger partial charge in [0.1, 0.15) is 0 Å². The third-order valence-electron chi connectivity index (χ3n) is 1.98. The van der Waals surface area contributed by atoms with E-state index in [0.29, 0.717) is 18.7 Å². The average molecular weight is 264 g/mol. The number of nitrogens with one attached hydrogen (secondary N) is 2. The Bertz CT molecular complexity index is 477. The molecule has 0 unspecified atom stereocenters. The average Bonchev–Trinajstić information content (AvgIpc) is 2.21. The standard InChI is InChI=1S/C10H14F2N2O2S/c1-17(15,16)14-5-4-13-7-8-2-3-9(11)10(12)6-8/h2-3,6,13-14H,4-5,7H2,1H3. The van der Waals surface area contributed by atoms with Gasteiger partial charge in [-0.1, -0.05) is 6.07 Å². The summed E-state index contributed by atoms with van der Waals surface area (Å²) in [6, 6.07) is 3.63. The van der Waals surface area contributed by atoms with Crippen LogP contribution in [-0.2, 0) is 16.6 Å². The molecule has 1 aromatic rings. The number of halogens is 2. The molecule has 0 aromatic heterocycles. The summed E-state index contributed by atoms with van der Waals surface area (Å²) in [5.74, 6) is -1.77. The second-order valence-electron chi connectivity index (χ2n) is 3.59. The van der Waals surface area contributed by atoms with Crippen LogP contribution in [0.5, 0.6) is 0 Å². The van der Waals surface area contributed by atoms with Crippen molar-refractivity contribution in [3.63, 3.8) is 0 Å². The number of sulfonamides is 1. The van der Waals surface area contributed by atoms with Crippen LogP contribution in [0.1, 0.15) is 5.56 Å². The summed E-state index contributed by atoms with van der Waals surface area (Å²) < 4.78 is 49.2. The van der Waals surface area contributed by atoms with E-state index >= 15 is 0 Å². The van der Waals surface area contributed by atoms with E-state index in [1.54, 1.807) is 0 Å². The predicted molar refractivity (Wildman–Crippen MR) is 60.9 cm³/mol. The van der Waals surface area contributed by atoms with Crippen LogP contribution in [0.4, 0.5) is 8.78 Å². The fraction of sp³-hybridized carbons (Fsp3) is 0.400. The van der Waals surface area contributed by atoms with Gasteiger partial charge in [0.25, 0.3) is 0 Å². The van der Waals surface area contributed by atoms with Crippen molar-refractivity contribution in [2.45, 2.75) is 6.54 Å². The molecule has 7 heteroatoms. The van der Waals surface area contributed by atoms with Crippen LogP contribution in [0, 0.1) is 11.6 Å². The van der Waals surface area contributed by atoms with Crippen LogP contribution in [0.2, 0.25) is 0 Å². The van der Waals surface area contributed by atoms with Crippen molar-refractivity contribution in [2.24, 2.45) is 0 Å². The van der Waals surface area contributed by atoms with Gasteiger partial charge in [-0.2, -0.15) is 0 Å². The number of rotatable bonds is 6. The normalized spacial score (nSPS) is 11.7. The highest BCUT2D eigenvalue weighted by Gasteiger charge is 2.02. The molecular formula is C10H14F2N2O2S. The third-order valence-corrected chi connectivity index (χ3v) is 2.71. The predicted octanol–water partition coefficient (Wildman–Crippen LogP) is 0.604. The van der Waals surface area contributed by atoms with Gasteiger partial charge >= 0.3 is 0 Å². The molecule has 2 N–H and O–H groups in total. The fourth-order valence-corrected chi connectivity index (χ4v) is 1.68. The zero-order valence-electron chi connectivity index (χ0n) is 9.33. The Morgan fingerprint density at radius 3 is 2.47 bits per heavy atom. The van der Waals surface area contributed by atoms with Gasteiger partial charge in [0.2, 0.25) is 10.0 Å². The van der Waals surface area contributed by atoms with E-state index in [2.05, 4.69) is 10.0 Å². The molecule has 0 heterocycles. The molecule has 17 heavy (non-hydrogen) atoms. The summed E-state index contributed by atoms with van der Waals surface area (Å²) in [5, 5.41) is 2.90. The van der Waals surface area contributed by atoms with Crippen molar-refractivity contribution in [2.75, 3.05) is 19.3 Å². The highest BCUT2D eigenvalue weighted by Crippen LogP contribution is 2.07. The van der Waals surface area contributed by atoms with Crippen LogP contribution < -0.4 is 10.0 Å². The fourth-order valence-electron chi connectivity index (χ4n) is 1.21. The van der Waals surface area contributed by atoms with Gasteiger partial charge in [-0.3, -0.25) is 0 Å². The van der Waals surface area contributed by atoms with Crippen LogP contribution in [0.3, 0.4) is 0 Å². The zero-order chi connectivity index (χ0) is 12.9. The van der Waals surface area contributed by atoms with Gasteiger partial charge in [0, 0.05) is 19.6 Å². The molecule has 0 radical (unpaired) electrons. The van der Waals surface area contributed by atoms with Gasteiger partial charge in [-0.15, -0.1) is 0 Å². The largest absolute Gasteiger partial charge is 0.311 e. The summed E-state index contributed by atoms with van der Waals surface area (Å²) in [7, 11) is -3.18. The van der Waals surface area contributed by atoms with Gasteiger partial charge in [0.15, 0.2) is 11.6 Å². The first-order valence-electron chi connectivity index (χ1n) is 4.98. The van der Waals surface area contributed by atoms with Crippen LogP contribution >= 0.6 is 0 Å². The van der Waals surface area contributed by atoms with Gasteiger partial charge in [0.05, 0.1) is 6.26 Å². The van der Waals surface area contributed by atoms with E-state index in [1.807, 2.05) is 0 Å². The minimum atomic E-state index is -3.18. The molecule has 0 aliphatic rings. The van der Waals surface area contributed by atoms with Gasteiger partial charge < -0.3 is 5.32 Å². The highest BCUT2D eigenvalue weighted by atomic mass is 32.2. The second-order valence-corrected chi connectivity index (χ2v) is 5.42. The van der Waals surface area contributed by atoms with E-state index in [4.69, 9.17) is 0 Å². The molecule has 0 saturated heterocycles. The minimum Gasteiger partial charge on any atom is -0.311 e. The zero-order valence-corrected chi connectivity index (χ0v) is 10.2. The summed E-state index contributed by atoms with van der Waals surface area (Å²) in [4.78, 5) is 0. The number of hydrogen-bond acceptors (Lipinski definition) is 3. The summed E-state index contributed by atoms with van der Waals surface area (Å²) in [6.45, 7) is 1.01. The van der Waals surface area contributed by atoms with Crippen molar-refractivity contribution >= 4 is 10.0 Å². The van der Waals surface area contributed by atoms with E-state index in [0.717, 1.165) is 18.4 Å². The van der Waals surface area contributed by atoms with E-state index in [1.165, 1.54) is 6.07 Å². The Kier molecular flexibility index (Phi) is 4.98. The summed E-state index contributed by atoms with van der Waals surface area (Å²) >= 11 is 0. The Morgan fingerprint density at radius 1 is 1.18 bits per heavy atom. The molecule has 0 aliphatic carbocycles. The Labute approximate surface area is 99.1 Å². The monoisotopic (exact) mass is 264 g/mol. The van der Waals surface area contributed by atoms with Crippen molar-refractivity contribution < 1.29 is 17.2 Å². The lowest BCUT2D eigenvalue weighted by atomic mass is 10.2. The van der Waals surface area contributed by atoms with Crippen LogP contribution in [-0.4, -0.2) is 27.8 Å². The first-order valence-corrected chi connectivity index (χ1v) is 6.87. The molecule has 1 aromatic carbocycles. The quantitative estimate of drug-likeness (QED) is 0.740. The molecular weight excluding hydrogens is 250 g/mol. The smallest absolute Gasteiger partial charge is 0.208 e. The van der Waals surface area contributed by atoms with Gasteiger partial charge in [-0.25, -0.2) is 21.9 Å². The Hall–Kier alpha value is -1.05. The molecule has 0 spiro atoms. The van der Waals surface area contributed by atoms with Crippen molar-refractivity contribution in [1.29, 1.82) is 0 Å². The summed E-state index contributed by atoms with van der Waals surface area (Å²) in [5.41, 5.74) is 0.600. The lowest BCUT2D eigenvalue weighted by molar-refractivity contribution is 0.506. The molecule has 0 saturated carbocycles. The van der Waals surface area contributed by atoms with Crippen molar-refractivity contribution in [3.8, 4) is 0 Å². The van der Waals surface area contributed by atoms with Crippen LogP contribution in [0.25, 0.3) is 0 Å². The topological polar surface area (TPSA) is 58.2 Å². The lowest BCUT2D eigenvalue weighted by Crippen LogP contribution is -2.30. The molecule has 1 rings (SSSR count). The maximum atomic E-state index is 12.8. The molecule has 0 aliphatic heterocycles. The van der Waals surface area contributed by atoms with E-state index in [-0.39, 0.29) is 6.54 Å². The number of benzene rings is 1. The first kappa shape index (κ1) is 14.0. The molecule has 0 fully saturated rings. The Morgan fingerprint density at radius 2 is 1.88 bits per heavy atom. The maximum Gasteiger partial charge on any atom is 0.208 e. The first-order chi connectivity index (χ1) is 7.88. The van der Waals surface area contributed by atoms with Gasteiger partial charge in [-0.05, 0) is 17.7 Å². The summed E-state index contributed by atoms with van der Waals surface area (Å²) in [6.07, 6.45) is 1.07. The minimum absolute atomic E-state index is 0.252. The number of hydrogen-bond donors (Lipinski definition) is 2. The second kappa shape index (κ2) is 6.04. The molecule has 0 atom stereocenters. The molecule has 96 valence electrons. The third kappa shape index (κ3) is 5.71. The highest BCUT2D eigenvalue weighted by molar-refractivity contribution is 7.88. The van der Waals surface area contributed by atoms with Crippen molar-refractivity contribution in [3.05, 3.63) is 35.4 Å². The lowest BCUT2D eigenvalue weighted by Gasteiger charge is -2.05. The Balaban J connectivity index is 2.29. The SMILES string of the molecule is CS(=O)(=O)NCCNCc1ccc(F)c(F)c1. The molecule has 4 nitrogen and oxygen atoms in total.